The Hall–Kier alpha value is -0.160. The van der Waals surface area contributed by atoms with E-state index in [0.717, 1.165) is 13.1 Å². The summed E-state index contributed by atoms with van der Waals surface area (Å²) in [5.74, 6) is 0. The average molecular weight is 284 g/mol. The molecule has 0 saturated carbocycles. The molecule has 20 heavy (non-hydrogen) atoms. The van der Waals surface area contributed by atoms with Gasteiger partial charge in [0.1, 0.15) is 0 Å². The Morgan fingerprint density at radius 3 is 1.95 bits per heavy atom. The number of hydroxylamine groups is 2. The SMILES string of the molecule is CC(C)(C)OCON1CCC2(CC1)CN(C(C)(C)C)C2. The van der Waals surface area contributed by atoms with E-state index < -0.39 is 0 Å². The zero-order chi connectivity index (χ0) is 15.0. The van der Waals surface area contributed by atoms with Gasteiger partial charge in [0.05, 0.1) is 5.60 Å². The van der Waals surface area contributed by atoms with E-state index in [-0.39, 0.29) is 5.60 Å². The van der Waals surface area contributed by atoms with E-state index in [0.29, 0.717) is 17.7 Å². The number of piperidine rings is 1. The minimum absolute atomic E-state index is 0.127. The van der Waals surface area contributed by atoms with Crippen molar-refractivity contribution in [1.29, 1.82) is 0 Å². The third-order valence-electron chi connectivity index (χ3n) is 4.51. The third-order valence-corrected chi connectivity index (χ3v) is 4.51. The molecule has 2 saturated heterocycles. The molecule has 0 aliphatic carbocycles. The minimum atomic E-state index is -0.127. The largest absolute Gasteiger partial charge is 0.348 e. The summed E-state index contributed by atoms with van der Waals surface area (Å²) in [6.07, 6.45) is 2.49. The van der Waals surface area contributed by atoms with Crippen LogP contribution in [0.2, 0.25) is 0 Å². The molecule has 4 heteroatoms. The zero-order valence-electron chi connectivity index (χ0n) is 14.2. The van der Waals surface area contributed by atoms with Gasteiger partial charge in [0, 0.05) is 31.7 Å². The molecule has 1 spiro atoms. The maximum absolute atomic E-state index is 5.71. The Morgan fingerprint density at radius 1 is 0.950 bits per heavy atom. The summed E-state index contributed by atoms with van der Waals surface area (Å²) in [6.45, 7) is 18.0. The molecule has 0 aromatic heterocycles. The Kier molecular flexibility index (Phi) is 4.51. The normalized spacial score (nSPS) is 24.9. The van der Waals surface area contributed by atoms with Crippen molar-refractivity contribution in [2.45, 2.75) is 65.5 Å². The predicted octanol–water partition coefficient (Wildman–Crippen LogP) is 2.89. The molecule has 0 radical (unpaired) electrons. The van der Waals surface area contributed by atoms with E-state index in [1.165, 1.54) is 25.9 Å². The van der Waals surface area contributed by atoms with Crippen molar-refractivity contribution in [3.63, 3.8) is 0 Å². The highest BCUT2D eigenvalue weighted by molar-refractivity contribution is 5.01. The second-order valence-electron chi connectivity index (χ2n) is 8.46. The van der Waals surface area contributed by atoms with Gasteiger partial charge in [-0.05, 0) is 59.8 Å². The summed E-state index contributed by atoms with van der Waals surface area (Å²) < 4.78 is 5.61. The first-order chi connectivity index (χ1) is 9.10. The summed E-state index contributed by atoms with van der Waals surface area (Å²) >= 11 is 0. The number of nitrogens with zero attached hydrogens (tertiary/aromatic N) is 2. The molecule has 0 bridgehead atoms. The van der Waals surface area contributed by atoms with Crippen molar-refractivity contribution in [3.05, 3.63) is 0 Å². The molecular formula is C16H32N2O2. The fraction of sp³-hybridized carbons (Fsp3) is 1.00. The van der Waals surface area contributed by atoms with E-state index in [1.54, 1.807) is 0 Å². The van der Waals surface area contributed by atoms with Crippen LogP contribution in [-0.4, -0.2) is 54.1 Å². The van der Waals surface area contributed by atoms with Gasteiger partial charge in [-0.1, -0.05) is 0 Å². The fourth-order valence-corrected chi connectivity index (χ4v) is 2.92. The molecule has 2 fully saturated rings. The first-order valence-corrected chi connectivity index (χ1v) is 7.87. The van der Waals surface area contributed by atoms with Crippen molar-refractivity contribution in [1.82, 2.24) is 9.96 Å². The smallest absolute Gasteiger partial charge is 0.167 e. The number of hydrogen-bond donors (Lipinski definition) is 0. The average Bonchev–Trinajstić information content (AvgIpc) is 2.24. The standard InChI is InChI=1S/C16H32N2O2/c1-14(2,3)17-11-16(12-17)7-9-18(10-8-16)20-13-19-15(4,5)6/h7-13H2,1-6H3. The number of ether oxygens (including phenoxy) is 1. The molecule has 2 aliphatic heterocycles. The monoisotopic (exact) mass is 284 g/mol. The molecule has 0 amide bonds. The van der Waals surface area contributed by atoms with E-state index in [4.69, 9.17) is 9.57 Å². The number of likely N-dealkylation sites (tertiary alicyclic amines) is 1. The lowest BCUT2D eigenvalue weighted by Gasteiger charge is -2.58. The Bertz CT molecular complexity index is 314. The van der Waals surface area contributed by atoms with Crippen LogP contribution in [-0.2, 0) is 9.57 Å². The van der Waals surface area contributed by atoms with Crippen LogP contribution in [0.25, 0.3) is 0 Å². The molecule has 2 heterocycles. The van der Waals surface area contributed by atoms with Crippen molar-refractivity contribution >= 4 is 0 Å². The summed E-state index contributed by atoms with van der Waals surface area (Å²) in [5.41, 5.74) is 0.746. The maximum Gasteiger partial charge on any atom is 0.167 e. The van der Waals surface area contributed by atoms with Gasteiger partial charge in [-0.15, -0.1) is 0 Å². The van der Waals surface area contributed by atoms with E-state index in [2.05, 4.69) is 51.5 Å². The number of rotatable bonds is 3. The van der Waals surface area contributed by atoms with Gasteiger partial charge in [0.15, 0.2) is 6.79 Å². The van der Waals surface area contributed by atoms with Crippen LogP contribution in [0, 0.1) is 5.41 Å². The highest BCUT2D eigenvalue weighted by Crippen LogP contribution is 2.43. The van der Waals surface area contributed by atoms with Gasteiger partial charge >= 0.3 is 0 Å². The molecule has 0 unspecified atom stereocenters. The van der Waals surface area contributed by atoms with Crippen LogP contribution in [0.3, 0.4) is 0 Å². The molecule has 0 aromatic carbocycles. The lowest BCUT2D eigenvalue weighted by molar-refractivity contribution is -0.265. The van der Waals surface area contributed by atoms with Crippen LogP contribution in [0.1, 0.15) is 54.4 Å². The summed E-state index contributed by atoms with van der Waals surface area (Å²) in [6, 6.07) is 0. The van der Waals surface area contributed by atoms with Gasteiger partial charge in [0.2, 0.25) is 0 Å². The molecule has 118 valence electrons. The van der Waals surface area contributed by atoms with E-state index in [9.17, 15) is 0 Å². The molecule has 2 aliphatic rings. The van der Waals surface area contributed by atoms with Gasteiger partial charge in [-0.2, -0.15) is 5.06 Å². The highest BCUT2D eigenvalue weighted by Gasteiger charge is 2.48. The van der Waals surface area contributed by atoms with Crippen molar-refractivity contribution in [2.24, 2.45) is 5.41 Å². The lowest BCUT2D eigenvalue weighted by atomic mass is 9.70. The van der Waals surface area contributed by atoms with Crippen LogP contribution in [0.15, 0.2) is 0 Å². The van der Waals surface area contributed by atoms with Gasteiger partial charge in [0.25, 0.3) is 0 Å². The Labute approximate surface area is 124 Å². The van der Waals surface area contributed by atoms with Crippen LogP contribution >= 0.6 is 0 Å². The first kappa shape index (κ1) is 16.2. The third kappa shape index (κ3) is 4.17. The second-order valence-corrected chi connectivity index (χ2v) is 8.46. The Balaban J connectivity index is 1.67. The quantitative estimate of drug-likeness (QED) is 0.744. The molecule has 2 rings (SSSR count). The van der Waals surface area contributed by atoms with Crippen molar-refractivity contribution in [3.8, 4) is 0 Å². The summed E-state index contributed by atoms with van der Waals surface area (Å²) in [5, 5.41) is 2.08. The highest BCUT2D eigenvalue weighted by atomic mass is 16.8. The summed E-state index contributed by atoms with van der Waals surface area (Å²) in [7, 11) is 0. The topological polar surface area (TPSA) is 24.9 Å². The van der Waals surface area contributed by atoms with Crippen LogP contribution in [0.5, 0.6) is 0 Å². The molecule has 0 N–H and O–H groups in total. The minimum Gasteiger partial charge on any atom is -0.348 e. The summed E-state index contributed by atoms with van der Waals surface area (Å²) in [4.78, 5) is 8.30. The van der Waals surface area contributed by atoms with Gasteiger partial charge in [-0.25, -0.2) is 0 Å². The molecule has 0 atom stereocenters. The first-order valence-electron chi connectivity index (χ1n) is 7.87. The van der Waals surface area contributed by atoms with Crippen molar-refractivity contribution < 1.29 is 9.57 Å². The Morgan fingerprint density at radius 2 is 1.50 bits per heavy atom. The second kappa shape index (κ2) is 5.56. The molecule has 0 aromatic rings. The van der Waals surface area contributed by atoms with E-state index in [1.807, 2.05) is 0 Å². The molecule has 4 nitrogen and oxygen atoms in total. The van der Waals surface area contributed by atoms with E-state index >= 15 is 0 Å². The predicted molar refractivity (Wildman–Crippen MR) is 81.4 cm³/mol. The molecular weight excluding hydrogens is 252 g/mol. The van der Waals surface area contributed by atoms with Gasteiger partial charge in [-0.3, -0.25) is 9.74 Å². The maximum atomic E-state index is 5.71. The zero-order valence-corrected chi connectivity index (χ0v) is 14.2. The van der Waals surface area contributed by atoms with Crippen LogP contribution < -0.4 is 0 Å². The lowest BCUT2D eigenvalue weighted by Crippen LogP contribution is -2.65. The van der Waals surface area contributed by atoms with Crippen molar-refractivity contribution in [2.75, 3.05) is 33.0 Å². The van der Waals surface area contributed by atoms with Crippen LogP contribution in [0.4, 0.5) is 0 Å². The number of hydrogen-bond acceptors (Lipinski definition) is 4. The fourth-order valence-electron chi connectivity index (χ4n) is 2.92. The van der Waals surface area contributed by atoms with Gasteiger partial charge < -0.3 is 4.74 Å².